The van der Waals surface area contributed by atoms with Crippen LogP contribution in [0.25, 0.3) is 11.3 Å². The molecule has 4 atom stereocenters. The fraction of sp³-hybridized carbons (Fsp3) is 0.292. The number of fused-ring (bicyclic) bond motifs is 1. The molecule has 176 valence electrons. The maximum absolute atomic E-state index is 13.6. The Balaban J connectivity index is 1.18. The molecule has 10 heteroatoms. The number of anilines is 2. The number of carbonyl (C=O) groups excluding carboxylic acids is 1. The Morgan fingerprint density at radius 3 is 2.71 bits per heavy atom. The van der Waals surface area contributed by atoms with Gasteiger partial charge in [0.15, 0.2) is 6.10 Å². The zero-order valence-corrected chi connectivity index (χ0v) is 18.3. The standard InChI is InChI=1S/C24H23FN4O5/c1-31-17-7-5-16(6-8-17)27-24(30)34-20-13-33-21-19(12-32-22(20)21)29-23-26-10-9-18(28-23)14-3-2-4-15(25)11-14/h2-11,19-22H,12-13H2,1H3,(H,27,30)(H,26,28,29). The van der Waals surface area contributed by atoms with Crippen molar-refractivity contribution in [3.63, 3.8) is 0 Å². The highest BCUT2D eigenvalue weighted by molar-refractivity contribution is 5.84. The predicted octanol–water partition coefficient (Wildman–Crippen LogP) is 3.49. The number of benzene rings is 2. The summed E-state index contributed by atoms with van der Waals surface area (Å²) in [6.45, 7) is 0.552. The van der Waals surface area contributed by atoms with E-state index in [9.17, 15) is 9.18 Å². The van der Waals surface area contributed by atoms with Gasteiger partial charge in [-0.25, -0.2) is 19.2 Å². The van der Waals surface area contributed by atoms with Crippen molar-refractivity contribution in [2.75, 3.05) is 31.0 Å². The van der Waals surface area contributed by atoms with Crippen LogP contribution in [0.1, 0.15) is 0 Å². The van der Waals surface area contributed by atoms with Gasteiger partial charge in [-0.15, -0.1) is 0 Å². The van der Waals surface area contributed by atoms with Crippen molar-refractivity contribution in [1.29, 1.82) is 0 Å². The van der Waals surface area contributed by atoms with Gasteiger partial charge in [-0.1, -0.05) is 12.1 Å². The molecule has 0 radical (unpaired) electrons. The smallest absolute Gasteiger partial charge is 0.412 e. The first kappa shape index (κ1) is 22.1. The van der Waals surface area contributed by atoms with Gasteiger partial charge in [0.25, 0.3) is 0 Å². The second-order valence-corrected chi connectivity index (χ2v) is 7.92. The lowest BCUT2D eigenvalue weighted by molar-refractivity contribution is 0.00917. The van der Waals surface area contributed by atoms with E-state index < -0.39 is 18.3 Å². The number of hydrogen-bond acceptors (Lipinski definition) is 8. The molecule has 0 aliphatic carbocycles. The zero-order valence-electron chi connectivity index (χ0n) is 18.3. The molecule has 34 heavy (non-hydrogen) atoms. The quantitative estimate of drug-likeness (QED) is 0.569. The molecule has 5 rings (SSSR count). The van der Waals surface area contributed by atoms with Crippen molar-refractivity contribution in [3.8, 4) is 17.0 Å². The number of nitrogens with zero attached hydrogens (tertiary/aromatic N) is 2. The normalized spacial score (nSPS) is 23.2. The summed E-state index contributed by atoms with van der Waals surface area (Å²) in [5.41, 5.74) is 1.83. The van der Waals surface area contributed by atoms with Gasteiger partial charge in [0.05, 0.1) is 32.1 Å². The van der Waals surface area contributed by atoms with E-state index in [2.05, 4.69) is 20.6 Å². The zero-order chi connectivity index (χ0) is 23.5. The average molecular weight is 466 g/mol. The molecule has 2 aromatic carbocycles. The van der Waals surface area contributed by atoms with Gasteiger partial charge in [0, 0.05) is 17.4 Å². The molecular formula is C24H23FN4O5. The van der Waals surface area contributed by atoms with E-state index >= 15 is 0 Å². The number of amides is 1. The van der Waals surface area contributed by atoms with E-state index in [1.165, 1.54) is 12.1 Å². The number of halogens is 1. The van der Waals surface area contributed by atoms with Gasteiger partial charge >= 0.3 is 6.09 Å². The molecular weight excluding hydrogens is 443 g/mol. The van der Waals surface area contributed by atoms with E-state index in [4.69, 9.17) is 18.9 Å². The Bertz CT molecular complexity index is 1160. The fourth-order valence-corrected chi connectivity index (χ4v) is 4.05. The Morgan fingerprint density at radius 1 is 1.09 bits per heavy atom. The third-order valence-electron chi connectivity index (χ3n) is 5.69. The van der Waals surface area contributed by atoms with Crippen molar-refractivity contribution < 1.29 is 28.1 Å². The van der Waals surface area contributed by atoms with Crippen molar-refractivity contribution in [1.82, 2.24) is 9.97 Å². The molecule has 4 unspecified atom stereocenters. The first-order valence-corrected chi connectivity index (χ1v) is 10.8. The van der Waals surface area contributed by atoms with E-state index in [0.717, 1.165) is 0 Å². The lowest BCUT2D eigenvalue weighted by atomic mass is 10.1. The molecule has 1 aromatic heterocycles. The second-order valence-electron chi connectivity index (χ2n) is 7.92. The Hall–Kier alpha value is -3.76. The monoisotopic (exact) mass is 466 g/mol. The van der Waals surface area contributed by atoms with Gasteiger partial charge in [0.1, 0.15) is 23.8 Å². The van der Waals surface area contributed by atoms with Gasteiger partial charge < -0.3 is 24.3 Å². The molecule has 2 aliphatic heterocycles. The minimum absolute atomic E-state index is 0.216. The number of aromatic nitrogens is 2. The molecule has 3 heterocycles. The van der Waals surface area contributed by atoms with E-state index in [1.54, 1.807) is 55.8 Å². The third-order valence-corrected chi connectivity index (χ3v) is 5.69. The van der Waals surface area contributed by atoms with Crippen LogP contribution in [0, 0.1) is 5.82 Å². The topological polar surface area (TPSA) is 104 Å². The number of ether oxygens (including phenoxy) is 4. The van der Waals surface area contributed by atoms with E-state index in [-0.39, 0.29) is 24.6 Å². The van der Waals surface area contributed by atoms with Crippen LogP contribution in [0.4, 0.5) is 20.8 Å². The van der Waals surface area contributed by atoms with Gasteiger partial charge in [0.2, 0.25) is 5.95 Å². The van der Waals surface area contributed by atoms with Gasteiger partial charge in [-0.05, 0) is 42.5 Å². The van der Waals surface area contributed by atoms with Crippen molar-refractivity contribution >= 4 is 17.7 Å². The average Bonchev–Trinajstić information content (AvgIpc) is 3.43. The molecule has 1 amide bonds. The first-order valence-electron chi connectivity index (χ1n) is 10.8. The van der Waals surface area contributed by atoms with Crippen LogP contribution in [0.2, 0.25) is 0 Å². The predicted molar refractivity (Wildman–Crippen MR) is 121 cm³/mol. The van der Waals surface area contributed by atoms with Gasteiger partial charge in [-0.3, -0.25) is 5.32 Å². The summed E-state index contributed by atoms with van der Waals surface area (Å²) in [6.07, 6.45) is -0.278. The maximum atomic E-state index is 13.6. The highest BCUT2D eigenvalue weighted by Crippen LogP contribution is 2.31. The van der Waals surface area contributed by atoms with Crippen molar-refractivity contribution in [3.05, 3.63) is 66.6 Å². The minimum atomic E-state index is -0.592. The highest BCUT2D eigenvalue weighted by Gasteiger charge is 2.49. The SMILES string of the molecule is COc1ccc(NC(=O)OC2COC3C(Nc4nccc(-c5cccc(F)c5)n4)COC23)cc1. The second kappa shape index (κ2) is 9.62. The lowest BCUT2D eigenvalue weighted by Crippen LogP contribution is -2.38. The van der Waals surface area contributed by atoms with Crippen LogP contribution in [0.3, 0.4) is 0 Å². The Morgan fingerprint density at radius 2 is 1.91 bits per heavy atom. The lowest BCUT2D eigenvalue weighted by Gasteiger charge is -2.18. The third kappa shape index (κ3) is 4.78. The summed E-state index contributed by atoms with van der Waals surface area (Å²) in [7, 11) is 1.57. The Kier molecular flexibility index (Phi) is 6.24. The van der Waals surface area contributed by atoms with E-state index in [0.29, 0.717) is 35.2 Å². The Labute approximate surface area is 195 Å². The molecule has 2 saturated heterocycles. The molecule has 3 aromatic rings. The highest BCUT2D eigenvalue weighted by atomic mass is 19.1. The molecule has 0 bridgehead atoms. The number of methoxy groups -OCH3 is 1. The van der Waals surface area contributed by atoms with Crippen molar-refractivity contribution in [2.45, 2.75) is 24.4 Å². The van der Waals surface area contributed by atoms with Crippen LogP contribution in [-0.2, 0) is 14.2 Å². The summed E-state index contributed by atoms with van der Waals surface area (Å²) in [5, 5.41) is 5.91. The molecule has 2 aliphatic rings. The van der Waals surface area contributed by atoms with Crippen molar-refractivity contribution in [2.24, 2.45) is 0 Å². The molecule has 0 saturated carbocycles. The van der Waals surface area contributed by atoms with Crippen LogP contribution in [-0.4, -0.2) is 60.7 Å². The van der Waals surface area contributed by atoms with Crippen LogP contribution in [0.15, 0.2) is 60.8 Å². The summed E-state index contributed by atoms with van der Waals surface area (Å²) in [5.74, 6) is 0.731. The number of rotatable bonds is 6. The summed E-state index contributed by atoms with van der Waals surface area (Å²) in [4.78, 5) is 21.1. The van der Waals surface area contributed by atoms with Gasteiger partial charge in [-0.2, -0.15) is 0 Å². The minimum Gasteiger partial charge on any atom is -0.497 e. The molecule has 2 fully saturated rings. The van der Waals surface area contributed by atoms with Crippen LogP contribution >= 0.6 is 0 Å². The summed E-state index contributed by atoms with van der Waals surface area (Å²) >= 11 is 0. The fourth-order valence-electron chi connectivity index (χ4n) is 4.05. The number of carbonyl (C=O) groups is 1. The van der Waals surface area contributed by atoms with E-state index in [1.807, 2.05) is 0 Å². The molecule has 0 spiro atoms. The van der Waals surface area contributed by atoms with Crippen LogP contribution < -0.4 is 15.4 Å². The summed E-state index contributed by atoms with van der Waals surface area (Å²) < 4.78 is 36.0. The number of hydrogen-bond donors (Lipinski definition) is 2. The largest absolute Gasteiger partial charge is 0.497 e. The van der Waals surface area contributed by atoms with Crippen LogP contribution in [0.5, 0.6) is 5.75 Å². The number of nitrogens with one attached hydrogen (secondary N) is 2. The summed E-state index contributed by atoms with van der Waals surface area (Å²) in [6, 6.07) is 14.6. The maximum Gasteiger partial charge on any atom is 0.412 e. The molecule has 2 N–H and O–H groups in total. The first-order chi connectivity index (χ1) is 16.6. The molecule has 9 nitrogen and oxygen atoms in total.